The monoisotopic (exact) mass is 281 g/mol. The van der Waals surface area contributed by atoms with Crippen molar-refractivity contribution in [1.29, 1.82) is 0 Å². The lowest BCUT2D eigenvalue weighted by atomic mass is 9.85. The lowest BCUT2D eigenvalue weighted by Crippen LogP contribution is -2.36. The van der Waals surface area contributed by atoms with E-state index >= 15 is 0 Å². The molecule has 0 aliphatic rings. The Hall–Kier alpha value is -2.18. The standard InChI is InChI=1S/C13H19N3O4/c1-8-9(16(19)20)5-6-11(14-8)15-10(7-12(17)18)13(2,3)4/h5-6,10H,7H2,1-4H3,(H,14,15)(H,17,18). The summed E-state index contributed by atoms with van der Waals surface area (Å²) < 4.78 is 0. The van der Waals surface area contributed by atoms with E-state index in [-0.39, 0.29) is 23.6 Å². The predicted octanol–water partition coefficient (Wildman–Crippen LogP) is 2.60. The average molecular weight is 281 g/mol. The molecule has 0 saturated carbocycles. The maximum Gasteiger partial charge on any atom is 0.305 e. The van der Waals surface area contributed by atoms with E-state index in [0.717, 1.165) is 0 Å². The van der Waals surface area contributed by atoms with Crippen LogP contribution in [0, 0.1) is 22.5 Å². The summed E-state index contributed by atoms with van der Waals surface area (Å²) in [5.74, 6) is -0.467. The molecule has 0 bridgehead atoms. The highest BCUT2D eigenvalue weighted by atomic mass is 16.6. The van der Waals surface area contributed by atoms with Crippen LogP contribution in [0.3, 0.4) is 0 Å². The maximum atomic E-state index is 10.9. The third-order valence-electron chi connectivity index (χ3n) is 3.00. The third kappa shape index (κ3) is 4.18. The summed E-state index contributed by atoms with van der Waals surface area (Å²) in [5.41, 5.74) is -0.0421. The smallest absolute Gasteiger partial charge is 0.305 e. The van der Waals surface area contributed by atoms with Gasteiger partial charge in [0.2, 0.25) is 0 Å². The van der Waals surface area contributed by atoms with Crippen LogP contribution in [-0.2, 0) is 4.79 Å². The predicted molar refractivity (Wildman–Crippen MR) is 74.7 cm³/mol. The SMILES string of the molecule is Cc1nc(NC(CC(=O)O)C(C)(C)C)ccc1[N+](=O)[O-]. The number of carboxylic acid groups (broad SMARTS) is 1. The van der Waals surface area contributed by atoms with Gasteiger partial charge >= 0.3 is 5.97 Å². The first kappa shape index (κ1) is 15.9. The van der Waals surface area contributed by atoms with Crippen molar-refractivity contribution >= 4 is 17.5 Å². The molecular weight excluding hydrogens is 262 g/mol. The van der Waals surface area contributed by atoms with Gasteiger partial charge in [-0.3, -0.25) is 14.9 Å². The Bertz CT molecular complexity index is 523. The van der Waals surface area contributed by atoms with Gasteiger partial charge in [0.1, 0.15) is 11.5 Å². The van der Waals surface area contributed by atoms with Crippen LogP contribution in [0.5, 0.6) is 0 Å². The minimum Gasteiger partial charge on any atom is -0.481 e. The molecule has 7 nitrogen and oxygen atoms in total. The number of carboxylic acids is 1. The van der Waals surface area contributed by atoms with Gasteiger partial charge in [-0.2, -0.15) is 0 Å². The van der Waals surface area contributed by atoms with Crippen molar-refractivity contribution in [3.8, 4) is 0 Å². The molecule has 1 aromatic rings. The fourth-order valence-electron chi connectivity index (χ4n) is 1.75. The molecule has 0 amide bonds. The molecule has 0 aliphatic heterocycles. The van der Waals surface area contributed by atoms with Crippen molar-refractivity contribution in [2.75, 3.05) is 5.32 Å². The largest absolute Gasteiger partial charge is 0.481 e. The molecule has 7 heteroatoms. The van der Waals surface area contributed by atoms with Gasteiger partial charge in [-0.25, -0.2) is 4.98 Å². The molecule has 0 aromatic carbocycles. The van der Waals surface area contributed by atoms with Crippen molar-refractivity contribution in [1.82, 2.24) is 4.98 Å². The van der Waals surface area contributed by atoms with Gasteiger partial charge in [0.05, 0.1) is 11.3 Å². The molecule has 1 aromatic heterocycles. The lowest BCUT2D eigenvalue weighted by Gasteiger charge is -2.30. The minimum absolute atomic E-state index is 0.0544. The van der Waals surface area contributed by atoms with E-state index in [9.17, 15) is 14.9 Å². The molecule has 1 atom stereocenters. The maximum absolute atomic E-state index is 10.9. The number of nitrogens with zero attached hydrogens (tertiary/aromatic N) is 2. The second-order valence-corrected chi connectivity index (χ2v) is 5.72. The summed E-state index contributed by atoms with van der Waals surface area (Å²) in [5, 5.41) is 22.7. The number of aromatic nitrogens is 1. The summed E-state index contributed by atoms with van der Waals surface area (Å²) in [6, 6.07) is 2.53. The van der Waals surface area contributed by atoms with Crippen LogP contribution in [0.15, 0.2) is 12.1 Å². The van der Waals surface area contributed by atoms with Crippen molar-refractivity contribution in [2.45, 2.75) is 40.2 Å². The lowest BCUT2D eigenvalue weighted by molar-refractivity contribution is -0.385. The van der Waals surface area contributed by atoms with Gasteiger partial charge in [-0.05, 0) is 18.4 Å². The summed E-state index contributed by atoms with van der Waals surface area (Å²) in [7, 11) is 0. The van der Waals surface area contributed by atoms with E-state index < -0.39 is 10.9 Å². The molecule has 1 heterocycles. The van der Waals surface area contributed by atoms with Crippen LogP contribution in [0.2, 0.25) is 0 Å². The van der Waals surface area contributed by atoms with E-state index in [1.54, 1.807) is 6.92 Å². The van der Waals surface area contributed by atoms with Gasteiger partial charge < -0.3 is 10.4 Å². The van der Waals surface area contributed by atoms with Gasteiger partial charge in [-0.15, -0.1) is 0 Å². The summed E-state index contributed by atoms with van der Waals surface area (Å²) in [6.45, 7) is 7.32. The number of aryl methyl sites for hydroxylation is 1. The number of anilines is 1. The average Bonchev–Trinajstić information content (AvgIpc) is 2.25. The van der Waals surface area contributed by atoms with Crippen LogP contribution >= 0.6 is 0 Å². The first-order valence-electron chi connectivity index (χ1n) is 6.21. The zero-order valence-corrected chi connectivity index (χ0v) is 12.0. The first-order chi connectivity index (χ1) is 9.11. The third-order valence-corrected chi connectivity index (χ3v) is 3.00. The summed E-state index contributed by atoms with van der Waals surface area (Å²) >= 11 is 0. The fraction of sp³-hybridized carbons (Fsp3) is 0.538. The second-order valence-electron chi connectivity index (χ2n) is 5.72. The number of carbonyl (C=O) groups is 1. The molecular formula is C13H19N3O4. The number of pyridine rings is 1. The Balaban J connectivity index is 2.97. The van der Waals surface area contributed by atoms with Gasteiger partial charge in [0, 0.05) is 12.1 Å². The quantitative estimate of drug-likeness (QED) is 0.634. The Morgan fingerprint density at radius 2 is 2.10 bits per heavy atom. The molecule has 0 spiro atoms. The highest BCUT2D eigenvalue weighted by Gasteiger charge is 2.27. The van der Waals surface area contributed by atoms with Crippen molar-refractivity contribution in [3.05, 3.63) is 27.9 Å². The Labute approximate surface area is 117 Å². The molecule has 0 fully saturated rings. The van der Waals surface area contributed by atoms with Crippen molar-refractivity contribution < 1.29 is 14.8 Å². The van der Waals surface area contributed by atoms with Crippen LogP contribution < -0.4 is 5.32 Å². The van der Waals surface area contributed by atoms with Gasteiger partial charge in [0.15, 0.2) is 0 Å². The fourth-order valence-corrected chi connectivity index (χ4v) is 1.75. The first-order valence-corrected chi connectivity index (χ1v) is 6.21. The van der Waals surface area contributed by atoms with Crippen LogP contribution in [0.4, 0.5) is 11.5 Å². The number of hydrogen-bond acceptors (Lipinski definition) is 5. The highest BCUT2D eigenvalue weighted by molar-refractivity contribution is 5.68. The highest BCUT2D eigenvalue weighted by Crippen LogP contribution is 2.26. The number of hydrogen-bond donors (Lipinski definition) is 2. The summed E-state index contributed by atoms with van der Waals surface area (Å²) in [6.07, 6.45) is -0.0544. The van der Waals surface area contributed by atoms with E-state index in [1.807, 2.05) is 20.8 Å². The molecule has 1 rings (SSSR count). The van der Waals surface area contributed by atoms with Crippen LogP contribution in [0.25, 0.3) is 0 Å². The van der Waals surface area contributed by atoms with Crippen molar-refractivity contribution in [3.63, 3.8) is 0 Å². The molecule has 0 aliphatic carbocycles. The minimum atomic E-state index is -0.906. The molecule has 2 N–H and O–H groups in total. The number of nitrogens with one attached hydrogen (secondary N) is 1. The molecule has 1 unspecified atom stereocenters. The number of aliphatic carboxylic acids is 1. The molecule has 0 radical (unpaired) electrons. The normalized spacial score (nSPS) is 12.8. The van der Waals surface area contributed by atoms with E-state index in [0.29, 0.717) is 11.5 Å². The molecule has 0 saturated heterocycles. The Morgan fingerprint density at radius 3 is 2.50 bits per heavy atom. The van der Waals surface area contributed by atoms with Gasteiger partial charge in [0.25, 0.3) is 5.69 Å². The molecule has 20 heavy (non-hydrogen) atoms. The number of nitro groups is 1. The molecule has 110 valence electrons. The van der Waals surface area contributed by atoms with E-state index in [4.69, 9.17) is 5.11 Å². The van der Waals surface area contributed by atoms with E-state index in [2.05, 4.69) is 10.3 Å². The zero-order chi connectivity index (χ0) is 15.5. The Morgan fingerprint density at radius 1 is 1.50 bits per heavy atom. The van der Waals surface area contributed by atoms with Crippen molar-refractivity contribution in [2.24, 2.45) is 5.41 Å². The topological polar surface area (TPSA) is 105 Å². The zero-order valence-electron chi connectivity index (χ0n) is 12.0. The summed E-state index contributed by atoms with van der Waals surface area (Å²) in [4.78, 5) is 25.2. The van der Waals surface area contributed by atoms with E-state index in [1.165, 1.54) is 12.1 Å². The number of rotatable bonds is 5. The van der Waals surface area contributed by atoms with Crippen LogP contribution in [0.1, 0.15) is 32.9 Å². The second kappa shape index (κ2) is 5.85. The van der Waals surface area contributed by atoms with Crippen LogP contribution in [-0.4, -0.2) is 27.0 Å². The van der Waals surface area contributed by atoms with Gasteiger partial charge in [-0.1, -0.05) is 20.8 Å². The Kier molecular flexibility index (Phi) is 4.65.